The highest BCUT2D eigenvalue weighted by Gasteiger charge is 2.31. The average Bonchev–Trinajstić information content (AvgIpc) is 2.78. The number of amides is 1. The van der Waals surface area contributed by atoms with Crippen molar-refractivity contribution >= 4 is 11.6 Å². The highest BCUT2D eigenvalue weighted by molar-refractivity contribution is 5.92. The number of hydrogen-bond donors (Lipinski definition) is 2. The van der Waals surface area contributed by atoms with Gasteiger partial charge in [-0.2, -0.15) is 4.39 Å². The van der Waals surface area contributed by atoms with Gasteiger partial charge in [0, 0.05) is 45.0 Å². The quantitative estimate of drug-likeness (QED) is 0.713. The molecule has 166 valence electrons. The van der Waals surface area contributed by atoms with E-state index in [4.69, 9.17) is 0 Å². The summed E-state index contributed by atoms with van der Waals surface area (Å²) in [5, 5.41) is 2.46. The number of H-pyrrole nitrogens is 1. The summed E-state index contributed by atoms with van der Waals surface area (Å²) in [4.78, 5) is 39.3. The summed E-state index contributed by atoms with van der Waals surface area (Å²) in [6.45, 7) is 7.03. The molecule has 0 aromatic carbocycles. The lowest BCUT2D eigenvalue weighted by Crippen LogP contribution is -2.52. The van der Waals surface area contributed by atoms with Gasteiger partial charge in [-0.3, -0.25) is 19.5 Å². The molecule has 2 atom stereocenters. The molecule has 3 heterocycles. The number of nitrogens with zero attached hydrogens (tertiary/aromatic N) is 4. The Kier molecular flexibility index (Phi) is 6.04. The number of carbonyl (C=O) groups excluding carboxylic acids is 1. The first-order chi connectivity index (χ1) is 14.9. The van der Waals surface area contributed by atoms with Crippen LogP contribution < -0.4 is 15.8 Å². The fourth-order valence-electron chi connectivity index (χ4n) is 4.68. The predicted octanol–water partition coefficient (Wildman–Crippen LogP) is 1.29. The van der Waals surface area contributed by atoms with Gasteiger partial charge in [-0.15, -0.1) is 0 Å². The standard InChI is InChI=1S/C22H29FN6O2/c1-13-21(30)27-18-12-15(4-5-16(18)25-13)14(2)28-8-10-29(11-9-28)19-7-6-17(22(31)24-3)26-20(19)23/h6-7,14-15H,4-5,8-12H2,1-3H3,(H,24,31)(H,27,30)/t14-,15?/m0/s1. The van der Waals surface area contributed by atoms with Crippen molar-refractivity contribution in [2.45, 2.75) is 39.2 Å². The lowest BCUT2D eigenvalue weighted by Gasteiger charge is -2.42. The fraction of sp³-hybridized carbons (Fsp3) is 0.545. The SMILES string of the molecule is CNC(=O)c1ccc(N2CCN([C@@H](C)C3CCc4nc(C)c(=O)[nH]c4C3)CC2)c(F)n1. The van der Waals surface area contributed by atoms with Crippen LogP contribution in [-0.4, -0.2) is 65.0 Å². The zero-order valence-electron chi connectivity index (χ0n) is 18.2. The maximum atomic E-state index is 14.5. The van der Waals surface area contributed by atoms with Crippen molar-refractivity contribution in [3.05, 3.63) is 51.2 Å². The van der Waals surface area contributed by atoms with Crippen LogP contribution in [0, 0.1) is 18.8 Å². The first-order valence-corrected chi connectivity index (χ1v) is 10.8. The van der Waals surface area contributed by atoms with Gasteiger partial charge in [-0.25, -0.2) is 4.98 Å². The van der Waals surface area contributed by atoms with Gasteiger partial charge in [0.05, 0.1) is 11.4 Å². The average molecular weight is 429 g/mol. The van der Waals surface area contributed by atoms with Crippen LogP contribution in [0.3, 0.4) is 0 Å². The number of aromatic nitrogens is 3. The molecule has 8 nitrogen and oxygen atoms in total. The second-order valence-corrected chi connectivity index (χ2v) is 8.43. The van der Waals surface area contributed by atoms with E-state index < -0.39 is 11.9 Å². The third-order valence-corrected chi connectivity index (χ3v) is 6.66. The van der Waals surface area contributed by atoms with E-state index in [1.54, 1.807) is 19.1 Å². The van der Waals surface area contributed by atoms with Crippen LogP contribution in [-0.2, 0) is 12.8 Å². The Morgan fingerprint density at radius 1 is 1.26 bits per heavy atom. The van der Waals surface area contributed by atoms with E-state index >= 15 is 0 Å². The van der Waals surface area contributed by atoms with Crippen LogP contribution in [0.2, 0.25) is 0 Å². The van der Waals surface area contributed by atoms with Crippen LogP contribution >= 0.6 is 0 Å². The summed E-state index contributed by atoms with van der Waals surface area (Å²) >= 11 is 0. The van der Waals surface area contributed by atoms with Gasteiger partial charge < -0.3 is 15.2 Å². The summed E-state index contributed by atoms with van der Waals surface area (Å²) in [5.41, 5.74) is 2.95. The molecule has 2 aromatic rings. The van der Waals surface area contributed by atoms with E-state index in [0.717, 1.165) is 43.7 Å². The molecule has 0 radical (unpaired) electrons. The molecule has 1 fully saturated rings. The number of piperazine rings is 1. The summed E-state index contributed by atoms with van der Waals surface area (Å²) < 4.78 is 14.5. The van der Waals surface area contributed by atoms with E-state index in [1.165, 1.54) is 7.05 Å². The number of hydrogen-bond acceptors (Lipinski definition) is 6. The van der Waals surface area contributed by atoms with Gasteiger partial charge in [0.1, 0.15) is 11.4 Å². The smallest absolute Gasteiger partial charge is 0.269 e. The molecule has 9 heteroatoms. The third kappa shape index (κ3) is 4.32. The fourth-order valence-corrected chi connectivity index (χ4v) is 4.68. The molecule has 0 spiro atoms. The zero-order valence-corrected chi connectivity index (χ0v) is 18.2. The molecule has 2 aliphatic rings. The van der Waals surface area contributed by atoms with E-state index in [1.807, 2.05) is 4.90 Å². The van der Waals surface area contributed by atoms with E-state index in [2.05, 4.69) is 32.1 Å². The first kappa shape index (κ1) is 21.4. The number of fused-ring (bicyclic) bond motifs is 1. The molecule has 0 saturated carbocycles. The topological polar surface area (TPSA) is 94.2 Å². The summed E-state index contributed by atoms with van der Waals surface area (Å²) in [6, 6.07) is 3.55. The Balaban J connectivity index is 1.38. The first-order valence-electron chi connectivity index (χ1n) is 10.8. The second kappa shape index (κ2) is 8.74. The number of rotatable bonds is 4. The minimum absolute atomic E-state index is 0.0799. The Labute approximate surface area is 180 Å². The predicted molar refractivity (Wildman–Crippen MR) is 116 cm³/mol. The van der Waals surface area contributed by atoms with Crippen LogP contribution in [0.1, 0.15) is 40.9 Å². The molecule has 2 N–H and O–H groups in total. The van der Waals surface area contributed by atoms with Gasteiger partial charge in [-0.05, 0) is 51.2 Å². The van der Waals surface area contributed by atoms with Gasteiger partial charge in [-0.1, -0.05) is 0 Å². The zero-order chi connectivity index (χ0) is 22.1. The third-order valence-electron chi connectivity index (χ3n) is 6.66. The van der Waals surface area contributed by atoms with Gasteiger partial charge in [0.25, 0.3) is 11.5 Å². The van der Waals surface area contributed by atoms with Crippen LogP contribution in [0.25, 0.3) is 0 Å². The monoisotopic (exact) mass is 428 g/mol. The number of carbonyl (C=O) groups is 1. The van der Waals surface area contributed by atoms with Crippen molar-refractivity contribution in [1.82, 2.24) is 25.2 Å². The molecule has 1 aliphatic heterocycles. The molecule has 0 bridgehead atoms. The van der Waals surface area contributed by atoms with Gasteiger partial charge in [0.2, 0.25) is 5.95 Å². The molecular weight excluding hydrogens is 399 g/mol. The van der Waals surface area contributed by atoms with Gasteiger partial charge >= 0.3 is 0 Å². The minimum Gasteiger partial charge on any atom is -0.365 e. The van der Waals surface area contributed by atoms with Crippen molar-refractivity contribution in [1.29, 1.82) is 0 Å². The molecular formula is C22H29FN6O2. The van der Waals surface area contributed by atoms with Crippen LogP contribution in [0.4, 0.5) is 10.1 Å². The highest BCUT2D eigenvalue weighted by Crippen LogP contribution is 2.28. The number of aryl methyl sites for hydroxylation is 2. The molecule has 1 unspecified atom stereocenters. The van der Waals surface area contributed by atoms with Crippen molar-refractivity contribution < 1.29 is 9.18 Å². The minimum atomic E-state index is -0.613. The molecule has 1 aliphatic carbocycles. The number of pyridine rings is 1. The Morgan fingerprint density at radius 2 is 2.00 bits per heavy atom. The molecule has 2 aromatic heterocycles. The summed E-state index contributed by atoms with van der Waals surface area (Å²) in [6.07, 6.45) is 2.77. The lowest BCUT2D eigenvalue weighted by molar-refractivity contribution is 0.0957. The maximum Gasteiger partial charge on any atom is 0.269 e. The van der Waals surface area contributed by atoms with Crippen molar-refractivity contribution in [2.75, 3.05) is 38.1 Å². The van der Waals surface area contributed by atoms with E-state index in [0.29, 0.717) is 36.4 Å². The Morgan fingerprint density at radius 3 is 2.68 bits per heavy atom. The highest BCUT2D eigenvalue weighted by atomic mass is 19.1. The van der Waals surface area contributed by atoms with Gasteiger partial charge in [0.15, 0.2) is 0 Å². The van der Waals surface area contributed by atoms with Crippen LogP contribution in [0.5, 0.6) is 0 Å². The molecule has 1 amide bonds. The maximum absolute atomic E-state index is 14.5. The summed E-state index contributed by atoms with van der Waals surface area (Å²) in [7, 11) is 1.50. The van der Waals surface area contributed by atoms with Crippen molar-refractivity contribution in [3.8, 4) is 0 Å². The second-order valence-electron chi connectivity index (χ2n) is 8.43. The van der Waals surface area contributed by atoms with Crippen molar-refractivity contribution in [3.63, 3.8) is 0 Å². The Bertz CT molecular complexity index is 1030. The normalized spacial score (nSPS) is 20.3. The lowest BCUT2D eigenvalue weighted by atomic mass is 9.83. The van der Waals surface area contributed by atoms with E-state index in [-0.39, 0.29) is 11.3 Å². The number of halogens is 1. The number of anilines is 1. The number of aromatic amines is 1. The summed E-state index contributed by atoms with van der Waals surface area (Å²) in [5.74, 6) is -0.562. The van der Waals surface area contributed by atoms with E-state index in [9.17, 15) is 14.0 Å². The van der Waals surface area contributed by atoms with Crippen LogP contribution in [0.15, 0.2) is 16.9 Å². The Hall–Kier alpha value is -2.81. The molecule has 1 saturated heterocycles. The molecule has 31 heavy (non-hydrogen) atoms. The largest absolute Gasteiger partial charge is 0.365 e. The molecule has 4 rings (SSSR count). The number of nitrogens with one attached hydrogen (secondary N) is 2. The van der Waals surface area contributed by atoms with Crippen molar-refractivity contribution in [2.24, 2.45) is 5.92 Å².